The minimum atomic E-state index is 0.796. The van der Waals surface area contributed by atoms with Crippen LogP contribution in [0.5, 0.6) is 0 Å². The number of nitrogens with zero attached hydrogens (tertiary/aromatic N) is 1. The van der Waals surface area contributed by atoms with Crippen LogP contribution in [0.25, 0.3) is 10.9 Å². The summed E-state index contributed by atoms with van der Waals surface area (Å²) in [6, 6.07) is 6.56. The molecule has 1 fully saturated rings. The lowest BCUT2D eigenvalue weighted by atomic mass is 10.0. The molecular weight excluding hydrogens is 250 g/mol. The molecule has 1 heterocycles. The number of hydrogen-bond donors (Lipinski definition) is 0. The van der Waals surface area contributed by atoms with Crippen molar-refractivity contribution >= 4 is 26.8 Å². The van der Waals surface area contributed by atoms with Crippen molar-refractivity contribution in [2.75, 3.05) is 0 Å². The fraction of sp³-hybridized carbons (Fsp3) is 0.385. The summed E-state index contributed by atoms with van der Waals surface area (Å²) >= 11 is 3.73. The molecule has 1 aromatic heterocycles. The van der Waals surface area contributed by atoms with Crippen molar-refractivity contribution in [3.63, 3.8) is 0 Å². The largest absolute Gasteiger partial charge is 0.338 e. The standard InChI is InChI=1S/C13H14BrN/c1-8-4-3-5-10-11(8)12(9-6-7-9)13(14)15(10)2/h3-5,9H,6-7H2,1-2H3. The van der Waals surface area contributed by atoms with Crippen LogP contribution in [-0.2, 0) is 7.05 Å². The van der Waals surface area contributed by atoms with E-state index < -0.39 is 0 Å². The third kappa shape index (κ3) is 1.27. The number of halogens is 1. The molecule has 0 atom stereocenters. The van der Waals surface area contributed by atoms with Gasteiger partial charge in [0, 0.05) is 18.0 Å². The highest BCUT2D eigenvalue weighted by Crippen LogP contribution is 2.48. The van der Waals surface area contributed by atoms with Gasteiger partial charge in [0.25, 0.3) is 0 Å². The van der Waals surface area contributed by atoms with Crippen molar-refractivity contribution in [1.29, 1.82) is 0 Å². The fourth-order valence-corrected chi connectivity index (χ4v) is 3.13. The van der Waals surface area contributed by atoms with Gasteiger partial charge in [0.1, 0.15) is 0 Å². The number of rotatable bonds is 1. The molecular formula is C13H14BrN. The number of fused-ring (bicyclic) bond motifs is 1. The molecule has 2 aromatic rings. The third-order valence-electron chi connectivity index (χ3n) is 3.38. The van der Waals surface area contributed by atoms with Gasteiger partial charge in [-0.05, 0) is 58.8 Å². The van der Waals surface area contributed by atoms with Crippen molar-refractivity contribution in [1.82, 2.24) is 4.57 Å². The monoisotopic (exact) mass is 263 g/mol. The summed E-state index contributed by atoms with van der Waals surface area (Å²) in [7, 11) is 2.14. The highest BCUT2D eigenvalue weighted by molar-refractivity contribution is 9.10. The lowest BCUT2D eigenvalue weighted by Crippen LogP contribution is -1.86. The maximum absolute atomic E-state index is 3.73. The Morgan fingerprint density at radius 2 is 2.07 bits per heavy atom. The summed E-state index contributed by atoms with van der Waals surface area (Å²) < 4.78 is 3.53. The molecule has 1 aromatic carbocycles. The van der Waals surface area contributed by atoms with Crippen LogP contribution in [0.3, 0.4) is 0 Å². The van der Waals surface area contributed by atoms with E-state index in [-0.39, 0.29) is 0 Å². The van der Waals surface area contributed by atoms with E-state index in [1.165, 1.54) is 39.5 Å². The van der Waals surface area contributed by atoms with Gasteiger partial charge in [-0.3, -0.25) is 0 Å². The van der Waals surface area contributed by atoms with Crippen LogP contribution in [0.15, 0.2) is 22.8 Å². The quantitative estimate of drug-likeness (QED) is 0.730. The molecule has 15 heavy (non-hydrogen) atoms. The Morgan fingerprint density at radius 3 is 2.73 bits per heavy atom. The molecule has 1 aliphatic rings. The van der Waals surface area contributed by atoms with E-state index in [4.69, 9.17) is 0 Å². The first kappa shape index (κ1) is 9.46. The van der Waals surface area contributed by atoms with Crippen LogP contribution in [0.1, 0.15) is 29.9 Å². The molecule has 1 aliphatic carbocycles. The average Bonchev–Trinajstić information content (AvgIpc) is 3.00. The van der Waals surface area contributed by atoms with Crippen LogP contribution in [0, 0.1) is 6.92 Å². The van der Waals surface area contributed by atoms with Crippen molar-refractivity contribution < 1.29 is 0 Å². The molecule has 0 N–H and O–H groups in total. The molecule has 78 valence electrons. The summed E-state index contributed by atoms with van der Waals surface area (Å²) in [5, 5.41) is 1.47. The van der Waals surface area contributed by atoms with Gasteiger partial charge in [0.2, 0.25) is 0 Å². The smallest absolute Gasteiger partial charge is 0.0890 e. The molecule has 0 saturated heterocycles. The van der Waals surface area contributed by atoms with Crippen LogP contribution < -0.4 is 0 Å². The Bertz CT molecular complexity index is 535. The Labute approximate surface area is 98.2 Å². The Hall–Kier alpha value is -0.760. The number of hydrogen-bond acceptors (Lipinski definition) is 0. The summed E-state index contributed by atoms with van der Waals surface area (Å²) in [5.41, 5.74) is 4.28. The zero-order valence-corrected chi connectivity index (χ0v) is 10.6. The van der Waals surface area contributed by atoms with E-state index in [9.17, 15) is 0 Å². The van der Waals surface area contributed by atoms with E-state index >= 15 is 0 Å². The molecule has 0 aliphatic heterocycles. The lowest BCUT2D eigenvalue weighted by Gasteiger charge is -1.99. The molecule has 3 rings (SSSR count). The molecule has 1 saturated carbocycles. The Balaban J connectivity index is 2.45. The van der Waals surface area contributed by atoms with Gasteiger partial charge in [-0.2, -0.15) is 0 Å². The predicted octanol–water partition coefficient (Wildman–Crippen LogP) is 4.13. The maximum Gasteiger partial charge on any atom is 0.0890 e. The topological polar surface area (TPSA) is 4.93 Å². The predicted molar refractivity (Wildman–Crippen MR) is 67.3 cm³/mol. The molecule has 0 radical (unpaired) electrons. The van der Waals surface area contributed by atoms with Gasteiger partial charge < -0.3 is 4.57 Å². The maximum atomic E-state index is 3.73. The molecule has 2 heteroatoms. The second kappa shape index (κ2) is 3.11. The van der Waals surface area contributed by atoms with Gasteiger partial charge in [0.15, 0.2) is 0 Å². The molecule has 1 nitrogen and oxygen atoms in total. The van der Waals surface area contributed by atoms with Gasteiger partial charge in [0.05, 0.1) is 4.60 Å². The number of aromatic nitrogens is 1. The molecule has 0 spiro atoms. The average molecular weight is 264 g/mol. The highest BCUT2D eigenvalue weighted by Gasteiger charge is 2.30. The van der Waals surface area contributed by atoms with Crippen molar-refractivity contribution in [2.45, 2.75) is 25.7 Å². The minimum absolute atomic E-state index is 0.796. The van der Waals surface area contributed by atoms with E-state index in [0.29, 0.717) is 0 Å². The van der Waals surface area contributed by atoms with Gasteiger partial charge in [-0.25, -0.2) is 0 Å². The van der Waals surface area contributed by atoms with Crippen LogP contribution >= 0.6 is 15.9 Å². The molecule has 0 amide bonds. The number of benzene rings is 1. The van der Waals surface area contributed by atoms with E-state index in [1.54, 1.807) is 0 Å². The lowest BCUT2D eigenvalue weighted by molar-refractivity contribution is 0.921. The van der Waals surface area contributed by atoms with E-state index in [1.807, 2.05) is 0 Å². The van der Waals surface area contributed by atoms with Crippen LogP contribution in [0.4, 0.5) is 0 Å². The first-order valence-electron chi connectivity index (χ1n) is 5.43. The second-order valence-corrected chi connectivity index (χ2v) is 5.26. The number of aryl methyl sites for hydroxylation is 2. The van der Waals surface area contributed by atoms with Crippen LogP contribution in [0.2, 0.25) is 0 Å². The third-order valence-corrected chi connectivity index (χ3v) is 4.34. The summed E-state index contributed by atoms with van der Waals surface area (Å²) in [6.07, 6.45) is 2.71. The summed E-state index contributed by atoms with van der Waals surface area (Å²) in [5.74, 6) is 0.796. The summed E-state index contributed by atoms with van der Waals surface area (Å²) in [6.45, 7) is 2.21. The summed E-state index contributed by atoms with van der Waals surface area (Å²) in [4.78, 5) is 0. The highest BCUT2D eigenvalue weighted by atomic mass is 79.9. The van der Waals surface area contributed by atoms with Gasteiger partial charge in [-0.1, -0.05) is 12.1 Å². The van der Waals surface area contributed by atoms with E-state index in [0.717, 1.165) is 5.92 Å². The zero-order chi connectivity index (χ0) is 10.6. The van der Waals surface area contributed by atoms with Gasteiger partial charge in [-0.15, -0.1) is 0 Å². The van der Waals surface area contributed by atoms with Gasteiger partial charge >= 0.3 is 0 Å². The first-order valence-corrected chi connectivity index (χ1v) is 6.23. The Morgan fingerprint density at radius 1 is 1.33 bits per heavy atom. The SMILES string of the molecule is Cc1cccc2c1c(C1CC1)c(Br)n2C. The van der Waals surface area contributed by atoms with Crippen molar-refractivity contribution in [3.8, 4) is 0 Å². The molecule has 0 unspecified atom stereocenters. The molecule has 0 bridgehead atoms. The van der Waals surface area contributed by atoms with Crippen molar-refractivity contribution in [2.24, 2.45) is 7.05 Å². The zero-order valence-electron chi connectivity index (χ0n) is 9.05. The normalized spacial score (nSPS) is 16.2. The first-order chi connectivity index (χ1) is 7.20. The minimum Gasteiger partial charge on any atom is -0.338 e. The van der Waals surface area contributed by atoms with Crippen LogP contribution in [-0.4, -0.2) is 4.57 Å². The van der Waals surface area contributed by atoms with E-state index in [2.05, 4.69) is 52.7 Å². The second-order valence-electron chi connectivity index (χ2n) is 4.51. The van der Waals surface area contributed by atoms with Crippen molar-refractivity contribution in [3.05, 3.63) is 33.9 Å². The Kier molecular flexibility index (Phi) is 1.96. The fourth-order valence-electron chi connectivity index (χ4n) is 2.42.